The minimum atomic E-state index is 0. The van der Waals surface area contributed by atoms with Gasteiger partial charge in [-0.15, -0.1) is 0 Å². The molecule has 0 N–H and O–H groups in total. The molecule has 0 radical (unpaired) electrons. The second-order valence-corrected chi connectivity index (χ2v) is 1.71. The van der Waals surface area contributed by atoms with Gasteiger partial charge in [0.05, 0.1) is 0 Å². The largest absolute Gasteiger partial charge is 1.00 e. The van der Waals surface area contributed by atoms with E-state index in [2.05, 4.69) is 19.6 Å². The van der Waals surface area contributed by atoms with E-state index >= 15 is 0 Å². The maximum atomic E-state index is 3.51. The van der Waals surface area contributed by atoms with Crippen LogP contribution in [0.25, 0.3) is 0 Å². The molecule has 0 saturated heterocycles. The third kappa shape index (κ3) is 9.54. The third-order valence-corrected chi connectivity index (χ3v) is 0.957. The first-order chi connectivity index (χ1) is 3.41. The molecular weight excluding hydrogens is 148 g/mol. The first-order valence-corrected chi connectivity index (χ1v) is 2.91. The number of rotatable bonds is 4. The Balaban J connectivity index is 0. The van der Waals surface area contributed by atoms with Crippen LogP contribution in [0, 0.1) is 6.08 Å². The molecule has 0 aliphatic carbocycles. The predicted octanol–water partition coefficient (Wildman–Crippen LogP) is 2.55. The molecule has 0 saturated carbocycles. The van der Waals surface area contributed by atoms with Crippen LogP contribution in [0.3, 0.4) is 0 Å². The average molecular weight is 161 g/mol. The van der Waals surface area contributed by atoms with Crippen molar-refractivity contribution in [3.8, 4) is 0 Å². The van der Waals surface area contributed by atoms with Crippen molar-refractivity contribution in [3.63, 3.8) is 0 Å². The molecule has 0 spiro atoms. The first-order valence-electron chi connectivity index (χ1n) is 2.91. The monoisotopic (exact) mass is 160 g/mol. The summed E-state index contributed by atoms with van der Waals surface area (Å²) >= 11 is 0. The molecule has 0 rings (SSSR count). The van der Waals surface area contributed by atoms with Crippen LogP contribution in [0.5, 0.6) is 0 Å². The summed E-state index contributed by atoms with van der Waals surface area (Å²) in [5.74, 6) is 0. The number of hydrogen-bond donors (Lipinski definition) is 0. The van der Waals surface area contributed by atoms with Gasteiger partial charge < -0.3 is 6.08 Å². The molecule has 0 aromatic rings. The predicted molar refractivity (Wildman–Crippen MR) is 33.0 cm³/mol. The zero-order chi connectivity index (χ0) is 5.54. The van der Waals surface area contributed by atoms with Crippen molar-refractivity contribution in [2.24, 2.45) is 0 Å². The van der Waals surface area contributed by atoms with Gasteiger partial charge in [0.2, 0.25) is 0 Å². The van der Waals surface area contributed by atoms with E-state index in [1.54, 1.807) is 0 Å². The van der Waals surface area contributed by atoms with E-state index in [1.807, 2.05) is 0 Å². The van der Waals surface area contributed by atoms with Gasteiger partial charge >= 0.3 is 17.1 Å². The molecule has 8 heavy (non-hydrogen) atoms. The quantitative estimate of drug-likeness (QED) is 0.337. The Morgan fingerprint density at radius 2 is 2.00 bits per heavy atom. The van der Waals surface area contributed by atoms with Gasteiger partial charge in [-0.05, 0) is 0 Å². The van der Waals surface area contributed by atoms with Gasteiger partial charge in [-0.2, -0.15) is 6.42 Å². The first kappa shape index (κ1) is 11.1. The van der Waals surface area contributed by atoms with Crippen LogP contribution in [0.4, 0.5) is 0 Å². The Kier molecular flexibility index (Phi) is 14.3. The fraction of sp³-hybridized carbons (Fsp3) is 0.714. The summed E-state index contributed by atoms with van der Waals surface area (Å²) in [6, 6.07) is 0. The fourth-order valence-corrected chi connectivity index (χ4v) is 0.500. The SMILES string of the molecule is C=[C-]CCCCC.[Cu+]. The standard InChI is InChI=1S/C7H13.Cu/c1-3-5-7-6-4-2;/h1,4-7H2,2H3;/q-1;+1. The maximum Gasteiger partial charge on any atom is 1.00 e. The van der Waals surface area contributed by atoms with Crippen LogP contribution < -0.4 is 0 Å². The summed E-state index contributed by atoms with van der Waals surface area (Å²) in [6.07, 6.45) is 7.80. The third-order valence-electron chi connectivity index (χ3n) is 0.957. The van der Waals surface area contributed by atoms with Crippen LogP contribution in [-0.2, 0) is 17.1 Å². The summed E-state index contributed by atoms with van der Waals surface area (Å²) in [4.78, 5) is 0. The van der Waals surface area contributed by atoms with E-state index in [-0.39, 0.29) is 17.1 Å². The van der Waals surface area contributed by atoms with E-state index in [9.17, 15) is 0 Å². The van der Waals surface area contributed by atoms with Gasteiger partial charge in [0, 0.05) is 0 Å². The summed E-state index contributed by atoms with van der Waals surface area (Å²) in [7, 11) is 0. The smallest absolute Gasteiger partial charge is 0.504 e. The summed E-state index contributed by atoms with van der Waals surface area (Å²) in [6.45, 7) is 5.70. The zero-order valence-corrected chi connectivity index (χ0v) is 6.28. The van der Waals surface area contributed by atoms with E-state index in [0.717, 1.165) is 6.42 Å². The Morgan fingerprint density at radius 3 is 2.38 bits per heavy atom. The van der Waals surface area contributed by atoms with E-state index < -0.39 is 0 Å². The zero-order valence-electron chi connectivity index (χ0n) is 5.34. The van der Waals surface area contributed by atoms with Crippen LogP contribution in [0.1, 0.15) is 32.6 Å². The fourth-order valence-electron chi connectivity index (χ4n) is 0.500. The van der Waals surface area contributed by atoms with Crippen LogP contribution in [-0.4, -0.2) is 0 Å². The second kappa shape index (κ2) is 10.3. The minimum absolute atomic E-state index is 0. The molecule has 0 nitrogen and oxygen atoms in total. The van der Waals surface area contributed by atoms with Crippen molar-refractivity contribution in [3.05, 3.63) is 12.7 Å². The molecule has 1 heteroatoms. The van der Waals surface area contributed by atoms with Gasteiger partial charge in [-0.3, -0.25) is 6.58 Å². The molecule has 0 aliphatic rings. The van der Waals surface area contributed by atoms with Crippen molar-refractivity contribution in [1.29, 1.82) is 0 Å². The van der Waals surface area contributed by atoms with Crippen molar-refractivity contribution < 1.29 is 17.1 Å². The minimum Gasteiger partial charge on any atom is -0.504 e. The Hall–Kier alpha value is 0.259. The van der Waals surface area contributed by atoms with E-state index in [0.29, 0.717) is 0 Å². The molecule has 0 heterocycles. The van der Waals surface area contributed by atoms with Crippen LogP contribution >= 0.6 is 0 Å². The topological polar surface area (TPSA) is 0 Å². The Labute approximate surface area is 62.8 Å². The van der Waals surface area contributed by atoms with E-state index in [4.69, 9.17) is 0 Å². The van der Waals surface area contributed by atoms with Crippen LogP contribution in [0.2, 0.25) is 0 Å². The second-order valence-electron chi connectivity index (χ2n) is 1.71. The molecule has 0 atom stereocenters. The maximum absolute atomic E-state index is 3.51. The number of unbranched alkanes of at least 4 members (excludes halogenated alkanes) is 3. The summed E-state index contributed by atoms with van der Waals surface area (Å²) in [5.41, 5.74) is 0. The normalized spacial score (nSPS) is 7.62. The van der Waals surface area contributed by atoms with Gasteiger partial charge in [-0.1, -0.05) is 26.2 Å². The Bertz CT molecular complexity index is 41.7. The molecule has 0 aliphatic heterocycles. The molecule has 0 aromatic carbocycles. The number of allylic oxidation sites excluding steroid dienone is 1. The molecule has 0 fully saturated rings. The van der Waals surface area contributed by atoms with Crippen molar-refractivity contribution >= 4 is 0 Å². The average Bonchev–Trinajstić information content (AvgIpc) is 1.69. The van der Waals surface area contributed by atoms with Gasteiger partial charge in [0.25, 0.3) is 0 Å². The van der Waals surface area contributed by atoms with Gasteiger partial charge in [0.1, 0.15) is 0 Å². The Morgan fingerprint density at radius 1 is 1.38 bits per heavy atom. The summed E-state index contributed by atoms with van der Waals surface area (Å²) < 4.78 is 0. The van der Waals surface area contributed by atoms with Crippen LogP contribution in [0.15, 0.2) is 6.58 Å². The van der Waals surface area contributed by atoms with Crippen molar-refractivity contribution in [1.82, 2.24) is 0 Å². The summed E-state index contributed by atoms with van der Waals surface area (Å²) in [5, 5.41) is 0. The van der Waals surface area contributed by atoms with Crippen molar-refractivity contribution in [2.75, 3.05) is 0 Å². The van der Waals surface area contributed by atoms with Gasteiger partial charge in [-0.25, -0.2) is 0 Å². The number of hydrogen-bond acceptors (Lipinski definition) is 0. The van der Waals surface area contributed by atoms with Gasteiger partial charge in [0.15, 0.2) is 0 Å². The molecule has 0 aromatic heterocycles. The molecule has 0 bridgehead atoms. The molecular formula is C7H13Cu. The molecule has 52 valence electrons. The van der Waals surface area contributed by atoms with Crippen molar-refractivity contribution in [2.45, 2.75) is 32.6 Å². The van der Waals surface area contributed by atoms with E-state index in [1.165, 1.54) is 19.3 Å². The molecule has 0 amide bonds. The molecule has 0 unspecified atom stereocenters.